The lowest BCUT2D eigenvalue weighted by atomic mass is 10.1. The summed E-state index contributed by atoms with van der Waals surface area (Å²) in [6.45, 7) is 0. The minimum atomic E-state index is -3.82. The molecule has 0 spiro atoms. The first-order valence-electron chi connectivity index (χ1n) is 7.75. The van der Waals surface area contributed by atoms with Gasteiger partial charge in [-0.05, 0) is 36.4 Å². The Hall–Kier alpha value is -2.51. The highest BCUT2D eigenvalue weighted by atomic mass is 79.9. The Morgan fingerprint density at radius 1 is 0.962 bits per heavy atom. The molecule has 1 heterocycles. The summed E-state index contributed by atoms with van der Waals surface area (Å²) in [5, 5.41) is 1.93. The maximum absolute atomic E-state index is 12.8. The average Bonchev–Trinajstić information content (AvgIpc) is 2.99. The molecule has 0 fully saturated rings. The van der Waals surface area contributed by atoms with Crippen LogP contribution in [0.3, 0.4) is 0 Å². The van der Waals surface area contributed by atoms with E-state index in [1.165, 1.54) is 13.2 Å². The number of rotatable bonds is 4. The van der Waals surface area contributed by atoms with Gasteiger partial charge in [0.15, 0.2) is 0 Å². The summed E-state index contributed by atoms with van der Waals surface area (Å²) in [5.74, 6) is 0.269. The lowest BCUT2D eigenvalue weighted by Crippen LogP contribution is -2.14. The molecule has 0 saturated carbocycles. The zero-order chi connectivity index (χ0) is 18.3. The number of hydrogen-bond acceptors (Lipinski definition) is 4. The second-order valence-corrected chi connectivity index (χ2v) is 8.28. The van der Waals surface area contributed by atoms with Crippen LogP contribution in [0.2, 0.25) is 0 Å². The number of methoxy groups -OCH3 is 1. The molecule has 132 valence electrons. The average molecular weight is 432 g/mol. The molecule has 26 heavy (non-hydrogen) atoms. The topological polar surface area (TPSA) is 68.5 Å². The number of para-hydroxylation sites is 1. The van der Waals surface area contributed by atoms with E-state index in [1.54, 1.807) is 24.3 Å². The van der Waals surface area contributed by atoms with Crippen molar-refractivity contribution in [1.29, 1.82) is 0 Å². The van der Waals surface area contributed by atoms with Gasteiger partial charge in [0.1, 0.15) is 21.8 Å². The first-order chi connectivity index (χ1) is 12.5. The summed E-state index contributed by atoms with van der Waals surface area (Å²) in [4.78, 5) is 0.0547. The summed E-state index contributed by atoms with van der Waals surface area (Å²) in [5.41, 5.74) is 1.79. The standard InChI is InChI=1S/C19H14BrNO4S/c1-24-17-9-6-12(20)10-19(17)26(22,23)21-13-7-8-15-14-4-2-3-5-16(14)25-18(15)11-13/h2-11,21H,1H3. The second kappa shape index (κ2) is 6.34. The monoisotopic (exact) mass is 431 g/mol. The lowest BCUT2D eigenvalue weighted by molar-refractivity contribution is 0.403. The van der Waals surface area contributed by atoms with Gasteiger partial charge in [-0.25, -0.2) is 8.42 Å². The number of ether oxygens (including phenoxy) is 1. The zero-order valence-electron chi connectivity index (χ0n) is 13.7. The number of benzene rings is 3. The van der Waals surface area contributed by atoms with Crippen molar-refractivity contribution in [3.05, 3.63) is 65.1 Å². The van der Waals surface area contributed by atoms with Gasteiger partial charge in [0, 0.05) is 21.3 Å². The van der Waals surface area contributed by atoms with Crippen LogP contribution >= 0.6 is 15.9 Å². The Balaban J connectivity index is 1.76. The largest absolute Gasteiger partial charge is 0.495 e. The van der Waals surface area contributed by atoms with E-state index in [9.17, 15) is 8.42 Å². The SMILES string of the molecule is COc1ccc(Br)cc1S(=O)(=O)Nc1ccc2c(c1)oc1ccccc12. The number of hydrogen-bond donors (Lipinski definition) is 1. The first kappa shape index (κ1) is 16.9. The van der Waals surface area contributed by atoms with Gasteiger partial charge in [0.2, 0.25) is 0 Å². The summed E-state index contributed by atoms with van der Waals surface area (Å²) in [7, 11) is -2.39. The predicted molar refractivity (Wildman–Crippen MR) is 105 cm³/mol. The van der Waals surface area contributed by atoms with E-state index in [-0.39, 0.29) is 10.6 Å². The fourth-order valence-corrected chi connectivity index (χ4v) is 4.62. The minimum absolute atomic E-state index is 0.0547. The van der Waals surface area contributed by atoms with Gasteiger partial charge in [0.25, 0.3) is 10.0 Å². The molecule has 7 heteroatoms. The van der Waals surface area contributed by atoms with Gasteiger partial charge in [-0.2, -0.15) is 0 Å². The molecule has 1 N–H and O–H groups in total. The summed E-state index contributed by atoms with van der Waals surface area (Å²) < 4.78 is 39.8. The van der Waals surface area contributed by atoms with Gasteiger partial charge in [-0.3, -0.25) is 4.72 Å². The maximum Gasteiger partial charge on any atom is 0.265 e. The number of nitrogens with one attached hydrogen (secondary N) is 1. The zero-order valence-corrected chi connectivity index (χ0v) is 16.1. The normalized spacial score (nSPS) is 11.8. The van der Waals surface area contributed by atoms with Gasteiger partial charge < -0.3 is 9.15 Å². The first-order valence-corrected chi connectivity index (χ1v) is 10.0. The molecule has 5 nitrogen and oxygen atoms in total. The molecule has 0 radical (unpaired) electrons. The van der Waals surface area contributed by atoms with Gasteiger partial charge in [0.05, 0.1) is 12.8 Å². The summed E-state index contributed by atoms with van der Waals surface area (Å²) in [6.07, 6.45) is 0. The van der Waals surface area contributed by atoms with E-state index in [4.69, 9.17) is 9.15 Å². The molecule has 4 aromatic rings. The Kier molecular flexibility index (Phi) is 4.13. The number of sulfonamides is 1. The minimum Gasteiger partial charge on any atom is -0.495 e. The Labute approximate surface area is 158 Å². The number of anilines is 1. The van der Waals surface area contributed by atoms with E-state index in [0.717, 1.165) is 16.4 Å². The van der Waals surface area contributed by atoms with Crippen LogP contribution in [0.5, 0.6) is 5.75 Å². The molecule has 0 unspecified atom stereocenters. The van der Waals surface area contributed by atoms with Crippen molar-refractivity contribution in [2.45, 2.75) is 4.90 Å². The van der Waals surface area contributed by atoms with Crippen LogP contribution < -0.4 is 9.46 Å². The predicted octanol–water partition coefficient (Wildman–Crippen LogP) is 5.16. The van der Waals surface area contributed by atoms with Crippen LogP contribution in [0.1, 0.15) is 0 Å². The molecule has 0 bridgehead atoms. The van der Waals surface area contributed by atoms with Crippen molar-refractivity contribution in [1.82, 2.24) is 0 Å². The molecule has 3 aromatic carbocycles. The fraction of sp³-hybridized carbons (Fsp3) is 0.0526. The van der Waals surface area contributed by atoms with Crippen LogP contribution in [0.15, 0.2) is 74.4 Å². The smallest absolute Gasteiger partial charge is 0.265 e. The van der Waals surface area contributed by atoms with E-state index in [1.807, 2.05) is 30.3 Å². The molecule has 0 aliphatic carbocycles. The van der Waals surface area contributed by atoms with E-state index >= 15 is 0 Å². The van der Waals surface area contributed by atoms with Crippen molar-refractivity contribution in [2.75, 3.05) is 11.8 Å². The number of halogens is 1. The highest BCUT2D eigenvalue weighted by Gasteiger charge is 2.20. The molecule has 1 aromatic heterocycles. The summed E-state index contributed by atoms with van der Waals surface area (Å²) >= 11 is 3.29. The quantitative estimate of drug-likeness (QED) is 0.484. The van der Waals surface area contributed by atoms with Crippen molar-refractivity contribution >= 4 is 53.6 Å². The van der Waals surface area contributed by atoms with Crippen LogP contribution in [-0.4, -0.2) is 15.5 Å². The summed E-state index contributed by atoms with van der Waals surface area (Å²) in [6, 6.07) is 17.7. The van der Waals surface area contributed by atoms with Crippen LogP contribution in [0.4, 0.5) is 5.69 Å². The van der Waals surface area contributed by atoms with E-state index in [0.29, 0.717) is 15.7 Å². The molecule has 0 saturated heterocycles. The highest BCUT2D eigenvalue weighted by molar-refractivity contribution is 9.10. The van der Waals surface area contributed by atoms with Crippen molar-refractivity contribution in [3.8, 4) is 5.75 Å². The molecule has 4 rings (SSSR count). The molecule has 0 aliphatic rings. The van der Waals surface area contributed by atoms with E-state index < -0.39 is 10.0 Å². The number of fused-ring (bicyclic) bond motifs is 3. The molecule has 0 aliphatic heterocycles. The third-order valence-corrected chi connectivity index (χ3v) is 5.94. The van der Waals surface area contributed by atoms with Crippen LogP contribution in [0.25, 0.3) is 21.9 Å². The Morgan fingerprint density at radius 3 is 2.54 bits per heavy atom. The third kappa shape index (κ3) is 2.93. The highest BCUT2D eigenvalue weighted by Crippen LogP contribution is 2.32. The van der Waals surface area contributed by atoms with E-state index in [2.05, 4.69) is 20.7 Å². The molecular weight excluding hydrogens is 418 g/mol. The second-order valence-electron chi connectivity index (χ2n) is 5.71. The third-order valence-electron chi connectivity index (χ3n) is 4.05. The van der Waals surface area contributed by atoms with Gasteiger partial charge >= 0.3 is 0 Å². The van der Waals surface area contributed by atoms with Crippen molar-refractivity contribution in [2.24, 2.45) is 0 Å². The molecular formula is C19H14BrNO4S. The Bertz CT molecular complexity index is 1230. The lowest BCUT2D eigenvalue weighted by Gasteiger charge is -2.12. The number of furan rings is 1. The van der Waals surface area contributed by atoms with Gasteiger partial charge in [-0.1, -0.05) is 34.1 Å². The van der Waals surface area contributed by atoms with Crippen LogP contribution in [0, 0.1) is 0 Å². The fourth-order valence-electron chi connectivity index (χ4n) is 2.86. The van der Waals surface area contributed by atoms with Crippen LogP contribution in [-0.2, 0) is 10.0 Å². The van der Waals surface area contributed by atoms with Crippen molar-refractivity contribution in [3.63, 3.8) is 0 Å². The van der Waals surface area contributed by atoms with Crippen molar-refractivity contribution < 1.29 is 17.6 Å². The maximum atomic E-state index is 12.8. The van der Waals surface area contributed by atoms with Gasteiger partial charge in [-0.15, -0.1) is 0 Å². The molecule has 0 atom stereocenters. The Morgan fingerprint density at radius 2 is 1.73 bits per heavy atom. The molecule has 0 amide bonds.